The number of tetrazole rings is 1. The number of amides is 1. The number of hydrogen-bond donors (Lipinski definition) is 2. The van der Waals surface area contributed by atoms with Crippen molar-refractivity contribution in [3.8, 4) is 0 Å². The molecular formula is C12H14N6O. The molecular weight excluding hydrogens is 244 g/mol. The van der Waals surface area contributed by atoms with E-state index in [-0.39, 0.29) is 11.9 Å². The lowest BCUT2D eigenvalue weighted by Crippen LogP contribution is -2.19. The molecule has 2 aromatic rings. The number of aryl methyl sites for hydroxylation is 1. The minimum atomic E-state index is -0.200. The van der Waals surface area contributed by atoms with Crippen LogP contribution in [0.15, 0.2) is 18.2 Å². The second-order valence-electron chi connectivity index (χ2n) is 4.42. The zero-order valence-electron chi connectivity index (χ0n) is 10.6. The van der Waals surface area contributed by atoms with Crippen molar-refractivity contribution >= 4 is 17.5 Å². The van der Waals surface area contributed by atoms with Crippen molar-refractivity contribution in [2.75, 3.05) is 17.2 Å². The van der Waals surface area contributed by atoms with Crippen molar-refractivity contribution in [3.05, 3.63) is 29.3 Å². The van der Waals surface area contributed by atoms with Crippen molar-refractivity contribution in [2.24, 2.45) is 7.05 Å². The Bertz CT molecular complexity index is 620. The topological polar surface area (TPSA) is 84.7 Å². The van der Waals surface area contributed by atoms with Gasteiger partial charge in [0.25, 0.3) is 11.9 Å². The van der Waals surface area contributed by atoms with E-state index < -0.39 is 0 Å². The van der Waals surface area contributed by atoms with Crippen LogP contribution in [0.5, 0.6) is 0 Å². The van der Waals surface area contributed by atoms with Gasteiger partial charge in [-0.25, -0.2) is 0 Å². The van der Waals surface area contributed by atoms with Gasteiger partial charge in [0.2, 0.25) is 0 Å². The van der Waals surface area contributed by atoms with Crippen LogP contribution in [-0.2, 0) is 13.5 Å². The zero-order chi connectivity index (χ0) is 13.2. The molecule has 0 unspecified atom stereocenters. The van der Waals surface area contributed by atoms with E-state index in [9.17, 15) is 4.79 Å². The maximum absolute atomic E-state index is 12.2. The summed E-state index contributed by atoms with van der Waals surface area (Å²) in [5, 5.41) is 17.3. The van der Waals surface area contributed by atoms with Gasteiger partial charge in [-0.3, -0.25) is 10.1 Å². The largest absolute Gasteiger partial charge is 0.385 e. The SMILES string of the molecule is Cn1nnc(NC(=O)c2cccc3c2CCCN3)n1. The molecule has 2 heterocycles. The average molecular weight is 258 g/mol. The third-order valence-electron chi connectivity index (χ3n) is 3.07. The number of fused-ring (bicyclic) bond motifs is 1. The summed E-state index contributed by atoms with van der Waals surface area (Å²) in [6.45, 7) is 0.948. The summed E-state index contributed by atoms with van der Waals surface area (Å²) in [6.07, 6.45) is 1.93. The predicted octanol–water partition coefficient (Wildman–Crippen LogP) is 0.820. The normalized spacial score (nSPS) is 13.5. The number of nitrogens with zero attached hydrogens (tertiary/aromatic N) is 4. The molecule has 2 N–H and O–H groups in total. The molecule has 1 aliphatic rings. The second kappa shape index (κ2) is 4.68. The highest BCUT2D eigenvalue weighted by molar-refractivity contribution is 6.05. The molecule has 7 heteroatoms. The molecule has 0 spiro atoms. The van der Waals surface area contributed by atoms with Gasteiger partial charge >= 0.3 is 0 Å². The molecule has 19 heavy (non-hydrogen) atoms. The number of rotatable bonds is 2. The Hall–Kier alpha value is -2.44. The van der Waals surface area contributed by atoms with E-state index in [1.165, 1.54) is 4.80 Å². The molecule has 0 atom stereocenters. The second-order valence-corrected chi connectivity index (χ2v) is 4.42. The Balaban J connectivity index is 1.87. The Morgan fingerprint density at radius 1 is 1.47 bits per heavy atom. The summed E-state index contributed by atoms with van der Waals surface area (Å²) in [5.41, 5.74) is 2.75. The van der Waals surface area contributed by atoms with Crippen molar-refractivity contribution in [1.29, 1.82) is 0 Å². The van der Waals surface area contributed by atoms with Gasteiger partial charge in [-0.05, 0) is 35.8 Å². The summed E-state index contributed by atoms with van der Waals surface area (Å²) in [6, 6.07) is 5.68. The van der Waals surface area contributed by atoms with Crippen molar-refractivity contribution in [1.82, 2.24) is 20.2 Å². The van der Waals surface area contributed by atoms with Gasteiger partial charge in [-0.1, -0.05) is 11.2 Å². The quantitative estimate of drug-likeness (QED) is 0.833. The molecule has 1 aliphatic heterocycles. The number of anilines is 2. The van der Waals surface area contributed by atoms with Gasteiger partial charge < -0.3 is 5.32 Å². The minimum Gasteiger partial charge on any atom is -0.385 e. The van der Waals surface area contributed by atoms with Crippen LogP contribution in [0.1, 0.15) is 22.3 Å². The number of benzene rings is 1. The highest BCUT2D eigenvalue weighted by Gasteiger charge is 2.18. The average Bonchev–Trinajstić information content (AvgIpc) is 2.83. The molecule has 0 saturated heterocycles. The summed E-state index contributed by atoms with van der Waals surface area (Å²) in [5.74, 6) is 0.0161. The minimum absolute atomic E-state index is 0.200. The van der Waals surface area contributed by atoms with Gasteiger partial charge in [0, 0.05) is 17.8 Å². The third-order valence-corrected chi connectivity index (χ3v) is 3.07. The lowest BCUT2D eigenvalue weighted by Gasteiger charge is -2.20. The molecule has 3 rings (SSSR count). The van der Waals surface area contributed by atoms with E-state index in [2.05, 4.69) is 26.0 Å². The first-order valence-corrected chi connectivity index (χ1v) is 6.15. The number of nitrogens with one attached hydrogen (secondary N) is 2. The first-order valence-electron chi connectivity index (χ1n) is 6.15. The number of hydrogen-bond acceptors (Lipinski definition) is 5. The maximum atomic E-state index is 12.2. The van der Waals surface area contributed by atoms with Gasteiger partial charge in [-0.2, -0.15) is 4.80 Å². The first kappa shape index (κ1) is 11.6. The van der Waals surface area contributed by atoms with Gasteiger partial charge in [-0.15, -0.1) is 5.10 Å². The van der Waals surface area contributed by atoms with Crippen LogP contribution in [0.2, 0.25) is 0 Å². The Kier molecular flexibility index (Phi) is 2.86. The predicted molar refractivity (Wildman–Crippen MR) is 70.0 cm³/mol. The van der Waals surface area contributed by atoms with E-state index in [0.29, 0.717) is 5.56 Å². The van der Waals surface area contributed by atoms with Gasteiger partial charge in [0.15, 0.2) is 0 Å². The fourth-order valence-electron chi connectivity index (χ4n) is 2.23. The maximum Gasteiger partial charge on any atom is 0.270 e. The van der Waals surface area contributed by atoms with Crippen LogP contribution < -0.4 is 10.6 Å². The third kappa shape index (κ3) is 2.26. The van der Waals surface area contributed by atoms with E-state index in [4.69, 9.17) is 0 Å². The van der Waals surface area contributed by atoms with Crippen molar-refractivity contribution in [2.45, 2.75) is 12.8 Å². The van der Waals surface area contributed by atoms with E-state index in [1.54, 1.807) is 7.05 Å². The smallest absolute Gasteiger partial charge is 0.270 e. The molecule has 0 bridgehead atoms. The number of carbonyl (C=O) groups excluding carboxylic acids is 1. The summed E-state index contributed by atoms with van der Waals surface area (Å²) in [7, 11) is 1.65. The highest BCUT2D eigenvalue weighted by atomic mass is 16.1. The molecule has 7 nitrogen and oxygen atoms in total. The molecule has 1 aromatic carbocycles. The monoisotopic (exact) mass is 258 g/mol. The molecule has 0 aliphatic carbocycles. The molecule has 0 radical (unpaired) electrons. The van der Waals surface area contributed by atoms with Crippen LogP contribution in [-0.4, -0.2) is 32.7 Å². The fourth-order valence-corrected chi connectivity index (χ4v) is 2.23. The first-order chi connectivity index (χ1) is 9.24. The fraction of sp³-hybridized carbons (Fsp3) is 0.333. The van der Waals surface area contributed by atoms with Crippen molar-refractivity contribution in [3.63, 3.8) is 0 Å². The van der Waals surface area contributed by atoms with E-state index in [1.807, 2.05) is 18.2 Å². The van der Waals surface area contributed by atoms with Crippen LogP contribution in [0.25, 0.3) is 0 Å². The van der Waals surface area contributed by atoms with Crippen molar-refractivity contribution < 1.29 is 4.79 Å². The lowest BCUT2D eigenvalue weighted by molar-refractivity contribution is 0.102. The van der Waals surface area contributed by atoms with Crippen LogP contribution >= 0.6 is 0 Å². The molecule has 98 valence electrons. The Morgan fingerprint density at radius 2 is 2.37 bits per heavy atom. The summed E-state index contributed by atoms with van der Waals surface area (Å²) in [4.78, 5) is 13.5. The van der Waals surface area contributed by atoms with Crippen LogP contribution in [0.3, 0.4) is 0 Å². The number of aromatic nitrogens is 4. The van der Waals surface area contributed by atoms with Gasteiger partial charge in [0.05, 0.1) is 7.05 Å². The van der Waals surface area contributed by atoms with Gasteiger partial charge in [0.1, 0.15) is 0 Å². The Morgan fingerprint density at radius 3 is 3.16 bits per heavy atom. The molecule has 1 aromatic heterocycles. The molecule has 0 saturated carbocycles. The molecule has 1 amide bonds. The molecule has 0 fully saturated rings. The van der Waals surface area contributed by atoms with E-state index >= 15 is 0 Å². The summed E-state index contributed by atoms with van der Waals surface area (Å²) >= 11 is 0. The highest BCUT2D eigenvalue weighted by Crippen LogP contribution is 2.25. The number of carbonyl (C=O) groups is 1. The van der Waals surface area contributed by atoms with Crippen LogP contribution in [0.4, 0.5) is 11.6 Å². The van der Waals surface area contributed by atoms with Crippen LogP contribution in [0, 0.1) is 0 Å². The Labute approximate surface area is 110 Å². The standard InChI is InChI=1S/C12H14N6O/c1-18-16-12(15-17-18)14-11(19)9-4-2-6-10-8(9)5-3-7-13-10/h2,4,6,13H,3,5,7H2,1H3,(H,14,16,19). The van der Waals surface area contributed by atoms with E-state index in [0.717, 1.165) is 30.6 Å². The summed E-state index contributed by atoms with van der Waals surface area (Å²) < 4.78 is 0. The zero-order valence-corrected chi connectivity index (χ0v) is 10.6. The lowest BCUT2D eigenvalue weighted by atomic mass is 9.97.